The van der Waals surface area contributed by atoms with Gasteiger partial charge in [0, 0.05) is 10.9 Å². The molecule has 1 aliphatic rings. The van der Waals surface area contributed by atoms with Crippen molar-refractivity contribution in [3.8, 4) is 5.75 Å². The van der Waals surface area contributed by atoms with Crippen LogP contribution in [0.15, 0.2) is 18.2 Å². The second-order valence-corrected chi connectivity index (χ2v) is 5.04. The average Bonchev–Trinajstić information content (AvgIpc) is 2.39. The Morgan fingerprint density at radius 1 is 1.29 bits per heavy atom. The third-order valence-corrected chi connectivity index (χ3v) is 3.94. The van der Waals surface area contributed by atoms with Crippen LogP contribution in [0.4, 0.5) is 0 Å². The summed E-state index contributed by atoms with van der Waals surface area (Å²) in [6.45, 7) is 0. The Hall–Kier alpha value is -1.02. The molecular formula is C14H17ClO2. The minimum atomic E-state index is 0.253. The summed E-state index contributed by atoms with van der Waals surface area (Å²) >= 11 is 6.26. The van der Waals surface area contributed by atoms with Gasteiger partial charge in [0.25, 0.3) is 0 Å². The largest absolute Gasteiger partial charge is 0.497 e. The van der Waals surface area contributed by atoms with E-state index >= 15 is 0 Å². The van der Waals surface area contributed by atoms with Gasteiger partial charge >= 0.3 is 0 Å². The van der Waals surface area contributed by atoms with Crippen LogP contribution in [0.5, 0.6) is 5.75 Å². The molecule has 0 spiro atoms. The molecule has 3 heteroatoms. The van der Waals surface area contributed by atoms with Gasteiger partial charge in [-0.1, -0.05) is 17.7 Å². The molecule has 0 heterocycles. The van der Waals surface area contributed by atoms with Crippen LogP contribution in [-0.4, -0.2) is 13.4 Å². The number of hydrogen-bond donors (Lipinski definition) is 0. The number of rotatable bonds is 3. The fourth-order valence-corrected chi connectivity index (χ4v) is 2.86. The van der Waals surface area contributed by atoms with Crippen LogP contribution in [-0.2, 0) is 4.79 Å². The van der Waals surface area contributed by atoms with Gasteiger partial charge in [-0.15, -0.1) is 0 Å². The molecule has 1 aliphatic carbocycles. The minimum absolute atomic E-state index is 0.253. The van der Waals surface area contributed by atoms with Gasteiger partial charge in [-0.25, -0.2) is 0 Å². The second-order valence-electron chi connectivity index (χ2n) is 4.64. The molecule has 1 fully saturated rings. The van der Waals surface area contributed by atoms with Crippen LogP contribution in [0.3, 0.4) is 0 Å². The third-order valence-electron chi connectivity index (χ3n) is 3.61. The fraction of sp³-hybridized carbons (Fsp3) is 0.500. The molecule has 0 bridgehead atoms. The number of halogens is 1. The van der Waals surface area contributed by atoms with Gasteiger partial charge in [-0.3, -0.25) is 0 Å². The van der Waals surface area contributed by atoms with E-state index in [0.29, 0.717) is 5.92 Å². The van der Waals surface area contributed by atoms with Crippen molar-refractivity contribution in [2.45, 2.75) is 31.6 Å². The van der Waals surface area contributed by atoms with Crippen molar-refractivity contribution in [1.29, 1.82) is 0 Å². The number of ether oxygens (including phenoxy) is 1. The fourth-order valence-electron chi connectivity index (χ4n) is 2.53. The number of carbonyl (C=O) groups is 1. The van der Waals surface area contributed by atoms with Crippen LogP contribution in [0, 0.1) is 5.92 Å². The van der Waals surface area contributed by atoms with Gasteiger partial charge < -0.3 is 9.53 Å². The SMILES string of the molecule is COc1ccc(C2CCC(C=O)CC2)c(Cl)c1. The summed E-state index contributed by atoms with van der Waals surface area (Å²) in [5.74, 6) is 1.54. The van der Waals surface area contributed by atoms with E-state index in [-0.39, 0.29) is 5.92 Å². The van der Waals surface area contributed by atoms with E-state index in [9.17, 15) is 4.79 Å². The molecule has 0 N–H and O–H groups in total. The lowest BCUT2D eigenvalue weighted by molar-refractivity contribution is -0.111. The summed E-state index contributed by atoms with van der Waals surface area (Å²) in [5, 5.41) is 0.777. The molecule has 0 amide bonds. The Labute approximate surface area is 107 Å². The first-order valence-corrected chi connectivity index (χ1v) is 6.41. The van der Waals surface area contributed by atoms with Gasteiger partial charge in [0.2, 0.25) is 0 Å². The van der Waals surface area contributed by atoms with Crippen molar-refractivity contribution in [2.75, 3.05) is 7.11 Å². The normalized spacial score (nSPS) is 24.4. The maximum atomic E-state index is 10.7. The van der Waals surface area contributed by atoms with E-state index in [4.69, 9.17) is 16.3 Å². The topological polar surface area (TPSA) is 26.3 Å². The standard InChI is InChI=1S/C14H17ClO2/c1-17-12-6-7-13(14(15)8-12)11-4-2-10(9-16)3-5-11/h6-11H,2-5H2,1H3. The van der Waals surface area contributed by atoms with Gasteiger partial charge in [0.1, 0.15) is 12.0 Å². The van der Waals surface area contributed by atoms with Crippen molar-refractivity contribution in [3.63, 3.8) is 0 Å². The highest BCUT2D eigenvalue weighted by Gasteiger charge is 2.23. The highest BCUT2D eigenvalue weighted by Crippen LogP contribution is 2.38. The van der Waals surface area contributed by atoms with Crippen molar-refractivity contribution in [2.24, 2.45) is 5.92 Å². The first kappa shape index (κ1) is 12.4. The van der Waals surface area contributed by atoms with E-state index in [1.807, 2.05) is 18.2 Å². The quantitative estimate of drug-likeness (QED) is 0.765. The lowest BCUT2D eigenvalue weighted by Crippen LogP contribution is -2.14. The molecule has 0 unspecified atom stereocenters. The van der Waals surface area contributed by atoms with Crippen LogP contribution in [0.2, 0.25) is 5.02 Å². The summed E-state index contributed by atoms with van der Waals surface area (Å²) < 4.78 is 5.14. The zero-order chi connectivity index (χ0) is 12.3. The first-order chi connectivity index (χ1) is 8.24. The van der Waals surface area contributed by atoms with E-state index < -0.39 is 0 Å². The molecule has 2 rings (SSSR count). The van der Waals surface area contributed by atoms with Gasteiger partial charge in [0.15, 0.2) is 0 Å². The minimum Gasteiger partial charge on any atom is -0.497 e. The summed E-state index contributed by atoms with van der Waals surface area (Å²) in [6.07, 6.45) is 5.16. The van der Waals surface area contributed by atoms with Gasteiger partial charge in [-0.2, -0.15) is 0 Å². The molecule has 1 aromatic carbocycles. The number of carbonyl (C=O) groups excluding carboxylic acids is 1. The van der Waals surface area contributed by atoms with Crippen molar-refractivity contribution < 1.29 is 9.53 Å². The summed E-state index contributed by atoms with van der Waals surface area (Å²) in [7, 11) is 1.64. The van der Waals surface area contributed by atoms with Crippen LogP contribution < -0.4 is 4.74 Å². The average molecular weight is 253 g/mol. The predicted molar refractivity (Wildman–Crippen MR) is 68.8 cm³/mol. The Morgan fingerprint density at radius 2 is 2.00 bits per heavy atom. The Kier molecular flexibility index (Phi) is 4.06. The van der Waals surface area contributed by atoms with Crippen molar-refractivity contribution in [1.82, 2.24) is 0 Å². The molecule has 0 saturated heterocycles. The maximum Gasteiger partial charge on any atom is 0.123 e. The molecule has 0 aromatic heterocycles. The monoisotopic (exact) mass is 252 g/mol. The molecule has 1 aromatic rings. The summed E-state index contributed by atoms with van der Waals surface area (Å²) in [4.78, 5) is 10.7. The van der Waals surface area contributed by atoms with Crippen LogP contribution >= 0.6 is 11.6 Å². The number of aldehydes is 1. The van der Waals surface area contributed by atoms with E-state index in [1.54, 1.807) is 7.11 Å². The highest BCUT2D eigenvalue weighted by atomic mass is 35.5. The Bertz CT molecular complexity index is 395. The van der Waals surface area contributed by atoms with Crippen molar-refractivity contribution in [3.05, 3.63) is 28.8 Å². The van der Waals surface area contributed by atoms with Crippen molar-refractivity contribution >= 4 is 17.9 Å². The molecule has 0 aliphatic heterocycles. The molecule has 17 heavy (non-hydrogen) atoms. The van der Waals surface area contributed by atoms with Crippen LogP contribution in [0.1, 0.15) is 37.2 Å². The van der Waals surface area contributed by atoms with Crippen LogP contribution in [0.25, 0.3) is 0 Å². The molecular weight excluding hydrogens is 236 g/mol. The lowest BCUT2D eigenvalue weighted by Gasteiger charge is -2.26. The number of hydrogen-bond acceptors (Lipinski definition) is 2. The molecule has 2 nitrogen and oxygen atoms in total. The summed E-state index contributed by atoms with van der Waals surface area (Å²) in [5.41, 5.74) is 1.19. The summed E-state index contributed by atoms with van der Waals surface area (Å²) in [6, 6.07) is 5.86. The molecule has 0 atom stereocenters. The number of benzene rings is 1. The van der Waals surface area contributed by atoms with Gasteiger partial charge in [-0.05, 0) is 49.3 Å². The zero-order valence-corrected chi connectivity index (χ0v) is 10.7. The zero-order valence-electron chi connectivity index (χ0n) is 9.99. The number of methoxy groups -OCH3 is 1. The molecule has 92 valence electrons. The van der Waals surface area contributed by atoms with E-state index in [0.717, 1.165) is 42.7 Å². The predicted octanol–water partition coefficient (Wildman–Crippen LogP) is 3.82. The Morgan fingerprint density at radius 3 is 2.53 bits per heavy atom. The second kappa shape index (κ2) is 5.54. The van der Waals surface area contributed by atoms with E-state index in [2.05, 4.69) is 0 Å². The first-order valence-electron chi connectivity index (χ1n) is 6.03. The highest BCUT2D eigenvalue weighted by molar-refractivity contribution is 6.31. The van der Waals surface area contributed by atoms with E-state index in [1.165, 1.54) is 5.56 Å². The smallest absolute Gasteiger partial charge is 0.123 e. The lowest BCUT2D eigenvalue weighted by atomic mass is 9.79. The molecule has 0 radical (unpaired) electrons. The maximum absolute atomic E-state index is 10.7. The Balaban J connectivity index is 2.10. The van der Waals surface area contributed by atoms with Gasteiger partial charge in [0.05, 0.1) is 7.11 Å². The third kappa shape index (κ3) is 2.81. The molecule has 1 saturated carbocycles.